The van der Waals surface area contributed by atoms with Crippen molar-refractivity contribution >= 4 is 0 Å². The molecule has 2 atom stereocenters. The zero-order valence-corrected chi connectivity index (χ0v) is 13.9. The van der Waals surface area contributed by atoms with E-state index in [9.17, 15) is 5.11 Å². The molecule has 3 aliphatic rings. The first kappa shape index (κ1) is 15.6. The Morgan fingerprint density at radius 2 is 1.52 bits per heavy atom. The highest BCUT2D eigenvalue weighted by Gasteiger charge is 2.65. The van der Waals surface area contributed by atoms with Gasteiger partial charge in [-0.15, -0.1) is 0 Å². The summed E-state index contributed by atoms with van der Waals surface area (Å²) in [5.74, 6) is -0.679. The fraction of sp³-hybridized carbons (Fsp3) is 0.700. The van der Waals surface area contributed by atoms with Crippen LogP contribution in [0, 0.1) is 0 Å². The fourth-order valence-corrected chi connectivity index (χ4v) is 4.92. The van der Waals surface area contributed by atoms with Crippen LogP contribution in [0.1, 0.15) is 74.8 Å². The third-order valence-electron chi connectivity index (χ3n) is 6.08. The maximum absolute atomic E-state index is 11.8. The monoisotopic (exact) mass is 316 g/mol. The van der Waals surface area contributed by atoms with Gasteiger partial charge in [0.2, 0.25) is 5.79 Å². The molecule has 1 aromatic carbocycles. The van der Waals surface area contributed by atoms with Crippen LogP contribution in [0.15, 0.2) is 24.3 Å². The average molecular weight is 316 g/mol. The first-order valence-electron chi connectivity index (χ1n) is 9.38. The Kier molecular flexibility index (Phi) is 4.21. The number of hydrogen-bond acceptors (Lipinski definition) is 3. The Balaban J connectivity index is 1.71. The summed E-state index contributed by atoms with van der Waals surface area (Å²) < 4.78 is 12.2. The van der Waals surface area contributed by atoms with Crippen molar-refractivity contribution in [3.63, 3.8) is 0 Å². The summed E-state index contributed by atoms with van der Waals surface area (Å²) in [6.45, 7) is 1.19. The Hall–Kier alpha value is -0.900. The number of rotatable bonds is 0. The highest BCUT2D eigenvalue weighted by Crippen LogP contribution is 2.61. The van der Waals surface area contributed by atoms with E-state index in [4.69, 9.17) is 9.47 Å². The van der Waals surface area contributed by atoms with Crippen LogP contribution in [0.25, 0.3) is 0 Å². The van der Waals surface area contributed by atoms with Gasteiger partial charge in [-0.2, -0.15) is 0 Å². The van der Waals surface area contributed by atoms with Crippen LogP contribution in [0.5, 0.6) is 0 Å². The van der Waals surface area contributed by atoms with E-state index in [-0.39, 0.29) is 5.92 Å². The van der Waals surface area contributed by atoms with Crippen molar-refractivity contribution in [3.05, 3.63) is 35.4 Å². The van der Waals surface area contributed by atoms with Gasteiger partial charge in [0.15, 0.2) is 5.60 Å². The maximum Gasteiger partial charge on any atom is 0.202 e. The summed E-state index contributed by atoms with van der Waals surface area (Å²) >= 11 is 0. The molecule has 3 heteroatoms. The summed E-state index contributed by atoms with van der Waals surface area (Å²) in [7, 11) is 0. The highest BCUT2D eigenvalue weighted by molar-refractivity contribution is 5.49. The minimum absolute atomic E-state index is 0.149. The van der Waals surface area contributed by atoms with Crippen LogP contribution in [0.3, 0.4) is 0 Å². The van der Waals surface area contributed by atoms with Gasteiger partial charge in [-0.25, -0.2) is 0 Å². The summed E-state index contributed by atoms with van der Waals surface area (Å²) in [5, 5.41) is 11.8. The molecule has 0 radical (unpaired) electrons. The van der Waals surface area contributed by atoms with E-state index in [1.807, 2.05) is 6.07 Å². The van der Waals surface area contributed by atoms with Gasteiger partial charge in [-0.05, 0) is 24.0 Å². The standard InChI is InChI=1S/C20H28O3/c21-20-17(16-10-7-8-12-18(16)20)11-6-4-2-1-3-5-9-13-19(20)22-14-15-23-19/h7-8,10,12,17,21H,1-6,9,11,13-15H2/t17-,20+/m0/s1. The number of benzene rings is 1. The molecular weight excluding hydrogens is 288 g/mol. The molecular formula is C20H28O3. The van der Waals surface area contributed by atoms with Crippen LogP contribution in [0.2, 0.25) is 0 Å². The lowest BCUT2D eigenvalue weighted by molar-refractivity contribution is -0.299. The number of fused-ring (bicyclic) bond motifs is 5. The van der Waals surface area contributed by atoms with Gasteiger partial charge >= 0.3 is 0 Å². The average Bonchev–Trinajstić information content (AvgIpc) is 3.05. The molecule has 1 aliphatic heterocycles. The van der Waals surface area contributed by atoms with Gasteiger partial charge in [-0.1, -0.05) is 62.8 Å². The third-order valence-corrected chi connectivity index (χ3v) is 6.08. The van der Waals surface area contributed by atoms with Crippen LogP contribution in [-0.4, -0.2) is 24.1 Å². The van der Waals surface area contributed by atoms with Gasteiger partial charge in [0, 0.05) is 12.3 Å². The molecule has 3 nitrogen and oxygen atoms in total. The predicted octanol–water partition coefficient (Wildman–Crippen LogP) is 4.24. The molecule has 1 N–H and O–H groups in total. The summed E-state index contributed by atoms with van der Waals surface area (Å²) in [6, 6.07) is 8.33. The molecule has 1 spiro atoms. The maximum atomic E-state index is 11.8. The lowest BCUT2D eigenvalue weighted by Crippen LogP contribution is -2.61. The van der Waals surface area contributed by atoms with Gasteiger partial charge in [0.05, 0.1) is 13.2 Å². The number of ether oxygens (including phenoxy) is 2. The topological polar surface area (TPSA) is 38.7 Å². The van der Waals surface area contributed by atoms with Gasteiger partial charge in [0.25, 0.3) is 0 Å². The van der Waals surface area contributed by atoms with Crippen LogP contribution in [-0.2, 0) is 15.1 Å². The molecule has 2 aliphatic carbocycles. The van der Waals surface area contributed by atoms with E-state index < -0.39 is 11.4 Å². The Bertz CT molecular complexity index is 550. The van der Waals surface area contributed by atoms with E-state index in [2.05, 4.69) is 18.2 Å². The van der Waals surface area contributed by atoms with E-state index in [1.54, 1.807) is 0 Å². The van der Waals surface area contributed by atoms with E-state index in [0.29, 0.717) is 13.2 Å². The Morgan fingerprint density at radius 3 is 2.30 bits per heavy atom. The van der Waals surface area contributed by atoms with Crippen molar-refractivity contribution < 1.29 is 14.6 Å². The van der Waals surface area contributed by atoms with E-state index in [0.717, 1.165) is 24.8 Å². The van der Waals surface area contributed by atoms with Crippen molar-refractivity contribution in [2.45, 2.75) is 75.1 Å². The predicted molar refractivity (Wildman–Crippen MR) is 89.3 cm³/mol. The molecule has 4 rings (SSSR count). The summed E-state index contributed by atoms with van der Waals surface area (Å²) in [4.78, 5) is 0. The lowest BCUT2D eigenvalue weighted by atomic mass is 9.58. The molecule has 0 bridgehead atoms. The largest absolute Gasteiger partial charge is 0.379 e. The molecule has 0 aromatic heterocycles. The zero-order valence-electron chi connectivity index (χ0n) is 13.9. The van der Waals surface area contributed by atoms with Crippen LogP contribution < -0.4 is 0 Å². The van der Waals surface area contributed by atoms with Crippen molar-refractivity contribution in [2.24, 2.45) is 0 Å². The third kappa shape index (κ3) is 2.36. The Labute approximate surface area is 139 Å². The smallest absolute Gasteiger partial charge is 0.202 e. The second kappa shape index (κ2) is 6.19. The Morgan fingerprint density at radius 1 is 0.870 bits per heavy atom. The molecule has 1 saturated carbocycles. The summed E-state index contributed by atoms with van der Waals surface area (Å²) in [5.41, 5.74) is 1.36. The normalized spacial score (nSPS) is 33.9. The SMILES string of the molecule is O[C@@]12c3ccccc3[C@@H]1CCCCCCCCCC21OCCO1. The van der Waals surface area contributed by atoms with Crippen molar-refractivity contribution in [2.75, 3.05) is 13.2 Å². The van der Waals surface area contributed by atoms with Crippen molar-refractivity contribution in [1.29, 1.82) is 0 Å². The van der Waals surface area contributed by atoms with Crippen molar-refractivity contribution in [3.8, 4) is 0 Å². The van der Waals surface area contributed by atoms with Gasteiger partial charge in [0.1, 0.15) is 0 Å². The minimum Gasteiger partial charge on any atom is -0.379 e. The molecule has 1 heterocycles. The van der Waals surface area contributed by atoms with E-state index >= 15 is 0 Å². The second-order valence-electron chi connectivity index (χ2n) is 7.37. The van der Waals surface area contributed by atoms with Gasteiger partial charge in [-0.3, -0.25) is 0 Å². The molecule has 126 valence electrons. The molecule has 0 amide bonds. The van der Waals surface area contributed by atoms with Crippen LogP contribution in [0.4, 0.5) is 0 Å². The number of hydrogen-bond donors (Lipinski definition) is 1. The first-order chi connectivity index (χ1) is 11.3. The van der Waals surface area contributed by atoms with E-state index in [1.165, 1.54) is 44.1 Å². The van der Waals surface area contributed by atoms with Gasteiger partial charge < -0.3 is 14.6 Å². The minimum atomic E-state index is -0.973. The molecule has 0 unspecified atom stereocenters. The highest BCUT2D eigenvalue weighted by atomic mass is 16.7. The first-order valence-corrected chi connectivity index (χ1v) is 9.38. The molecule has 23 heavy (non-hydrogen) atoms. The molecule has 1 saturated heterocycles. The number of aliphatic hydroxyl groups is 1. The second-order valence-corrected chi connectivity index (χ2v) is 7.37. The van der Waals surface area contributed by atoms with Crippen LogP contribution >= 0.6 is 0 Å². The fourth-order valence-electron chi connectivity index (χ4n) is 4.92. The lowest BCUT2D eigenvalue weighted by Gasteiger charge is -2.55. The molecule has 2 fully saturated rings. The van der Waals surface area contributed by atoms with Crippen molar-refractivity contribution in [1.82, 2.24) is 0 Å². The summed E-state index contributed by atoms with van der Waals surface area (Å²) in [6.07, 6.45) is 10.5. The molecule has 1 aromatic rings. The zero-order chi connectivity index (χ0) is 15.8. The quantitative estimate of drug-likeness (QED) is 0.778.